The fourth-order valence-electron chi connectivity index (χ4n) is 3.48. The maximum Gasteiger partial charge on any atom is 0.439 e. The number of aromatic amines is 1. The SMILES string of the molecule is COc1ccccc1N(C)S(=O)(=O)c1ccc(C)c(C(=O)Nc2cccc(-c3noc(=O)[nH]3)c2)c1. The van der Waals surface area contributed by atoms with Gasteiger partial charge in [-0.1, -0.05) is 35.5 Å². The van der Waals surface area contributed by atoms with Gasteiger partial charge in [0.15, 0.2) is 5.82 Å². The van der Waals surface area contributed by atoms with E-state index >= 15 is 0 Å². The lowest BCUT2D eigenvalue weighted by molar-refractivity contribution is 0.102. The largest absolute Gasteiger partial charge is 0.495 e. The highest BCUT2D eigenvalue weighted by Crippen LogP contribution is 2.31. The first-order chi connectivity index (χ1) is 16.7. The zero-order valence-electron chi connectivity index (χ0n) is 19.1. The molecule has 3 aromatic carbocycles. The Morgan fingerprint density at radius 1 is 1.09 bits per heavy atom. The fourth-order valence-corrected chi connectivity index (χ4v) is 4.71. The predicted molar refractivity (Wildman–Crippen MR) is 130 cm³/mol. The Labute approximate surface area is 201 Å². The molecule has 180 valence electrons. The molecule has 0 aliphatic carbocycles. The second-order valence-corrected chi connectivity index (χ2v) is 9.57. The molecule has 0 saturated carbocycles. The minimum absolute atomic E-state index is 0.0458. The molecule has 0 spiro atoms. The minimum Gasteiger partial charge on any atom is -0.495 e. The third-order valence-corrected chi connectivity index (χ3v) is 7.14. The molecular formula is C24H22N4O6S. The Balaban J connectivity index is 1.63. The summed E-state index contributed by atoms with van der Waals surface area (Å²) in [7, 11) is -1.11. The Kier molecular flexibility index (Phi) is 6.43. The van der Waals surface area contributed by atoms with Gasteiger partial charge in [-0.3, -0.25) is 18.6 Å². The summed E-state index contributed by atoms with van der Waals surface area (Å²) in [4.78, 5) is 26.7. The van der Waals surface area contributed by atoms with Crippen LogP contribution in [0.1, 0.15) is 15.9 Å². The molecule has 0 radical (unpaired) electrons. The van der Waals surface area contributed by atoms with Crippen molar-refractivity contribution in [2.24, 2.45) is 0 Å². The number of ether oxygens (including phenoxy) is 1. The topological polar surface area (TPSA) is 135 Å². The molecule has 35 heavy (non-hydrogen) atoms. The van der Waals surface area contributed by atoms with Gasteiger partial charge in [0.05, 0.1) is 17.7 Å². The van der Waals surface area contributed by atoms with Gasteiger partial charge in [0.25, 0.3) is 15.9 Å². The highest BCUT2D eigenvalue weighted by Gasteiger charge is 2.25. The summed E-state index contributed by atoms with van der Waals surface area (Å²) in [5.41, 5.74) is 2.11. The molecule has 0 atom stereocenters. The number of methoxy groups -OCH3 is 1. The number of anilines is 2. The first-order valence-electron chi connectivity index (χ1n) is 10.4. The number of carbonyl (C=O) groups excluding carboxylic acids is 1. The molecule has 11 heteroatoms. The van der Waals surface area contributed by atoms with E-state index in [1.54, 1.807) is 61.5 Å². The van der Waals surface area contributed by atoms with Crippen molar-refractivity contribution in [2.45, 2.75) is 11.8 Å². The van der Waals surface area contributed by atoms with Crippen molar-refractivity contribution in [3.05, 3.63) is 88.4 Å². The molecule has 0 unspecified atom stereocenters. The number of nitrogens with zero attached hydrogens (tertiary/aromatic N) is 2. The van der Waals surface area contributed by atoms with E-state index in [1.807, 2.05) is 0 Å². The molecule has 1 amide bonds. The van der Waals surface area contributed by atoms with Crippen molar-refractivity contribution in [1.82, 2.24) is 10.1 Å². The van der Waals surface area contributed by atoms with E-state index in [2.05, 4.69) is 20.0 Å². The number of H-pyrrole nitrogens is 1. The molecule has 0 bridgehead atoms. The van der Waals surface area contributed by atoms with Crippen LogP contribution in [0.3, 0.4) is 0 Å². The van der Waals surface area contributed by atoms with Crippen LogP contribution in [-0.2, 0) is 10.0 Å². The number of rotatable bonds is 7. The molecule has 1 aromatic heterocycles. The standard InChI is InChI=1S/C24H22N4O6S/c1-15-11-12-18(35(31,32)28(2)20-9-4-5-10-21(20)33-3)14-19(15)23(29)25-17-8-6-7-16(13-17)22-26-24(30)34-27-22/h4-14H,1-3H3,(H,25,29)(H,26,27,30). The molecule has 0 aliphatic rings. The van der Waals surface area contributed by atoms with E-state index in [9.17, 15) is 18.0 Å². The quantitative estimate of drug-likeness (QED) is 0.402. The summed E-state index contributed by atoms with van der Waals surface area (Å²) < 4.78 is 37.6. The van der Waals surface area contributed by atoms with Crippen molar-refractivity contribution in [1.29, 1.82) is 0 Å². The molecule has 1 heterocycles. The number of sulfonamides is 1. The monoisotopic (exact) mass is 494 g/mol. The molecule has 10 nitrogen and oxygen atoms in total. The van der Waals surface area contributed by atoms with Gasteiger partial charge >= 0.3 is 5.76 Å². The summed E-state index contributed by atoms with van der Waals surface area (Å²) in [6.07, 6.45) is 0. The number of para-hydroxylation sites is 2. The zero-order chi connectivity index (χ0) is 25.2. The van der Waals surface area contributed by atoms with Crippen molar-refractivity contribution < 1.29 is 22.5 Å². The predicted octanol–water partition coefficient (Wildman–Crippen LogP) is 3.42. The van der Waals surface area contributed by atoms with E-state index in [-0.39, 0.29) is 16.3 Å². The molecule has 0 aliphatic heterocycles. The van der Waals surface area contributed by atoms with E-state index in [0.717, 1.165) is 4.31 Å². The van der Waals surface area contributed by atoms with Crippen LogP contribution in [0.15, 0.2) is 80.9 Å². The number of carbonyl (C=O) groups is 1. The lowest BCUT2D eigenvalue weighted by Gasteiger charge is -2.22. The second kappa shape index (κ2) is 9.47. The lowest BCUT2D eigenvalue weighted by atomic mass is 10.1. The number of amides is 1. The smallest absolute Gasteiger partial charge is 0.439 e. The van der Waals surface area contributed by atoms with Gasteiger partial charge in [-0.05, 0) is 48.9 Å². The van der Waals surface area contributed by atoms with E-state index in [4.69, 9.17) is 4.74 Å². The van der Waals surface area contributed by atoms with E-state index < -0.39 is 21.7 Å². The highest BCUT2D eigenvalue weighted by molar-refractivity contribution is 7.92. The molecule has 4 rings (SSSR count). The maximum absolute atomic E-state index is 13.3. The average Bonchev–Trinajstić information content (AvgIpc) is 3.30. The van der Waals surface area contributed by atoms with E-state index in [1.165, 1.54) is 26.3 Å². The Hall–Kier alpha value is -4.38. The van der Waals surface area contributed by atoms with Gasteiger partial charge in [-0.15, -0.1) is 0 Å². The van der Waals surface area contributed by atoms with Crippen LogP contribution in [0, 0.1) is 6.92 Å². The number of aromatic nitrogens is 2. The average molecular weight is 495 g/mol. The molecule has 4 aromatic rings. The first-order valence-corrected chi connectivity index (χ1v) is 11.8. The van der Waals surface area contributed by atoms with Crippen LogP contribution in [0.2, 0.25) is 0 Å². The number of nitrogens with one attached hydrogen (secondary N) is 2. The third kappa shape index (κ3) is 4.80. The molecule has 2 N–H and O–H groups in total. The van der Waals surface area contributed by atoms with Gasteiger partial charge in [0.2, 0.25) is 0 Å². The van der Waals surface area contributed by atoms with Gasteiger partial charge < -0.3 is 10.1 Å². The van der Waals surface area contributed by atoms with Crippen LogP contribution < -0.4 is 20.1 Å². The highest BCUT2D eigenvalue weighted by atomic mass is 32.2. The van der Waals surface area contributed by atoms with Gasteiger partial charge in [-0.25, -0.2) is 13.2 Å². The Morgan fingerprint density at radius 3 is 2.57 bits per heavy atom. The molecular weight excluding hydrogens is 472 g/mol. The third-order valence-electron chi connectivity index (χ3n) is 5.37. The maximum atomic E-state index is 13.3. The van der Waals surface area contributed by atoms with Crippen LogP contribution in [-0.4, -0.2) is 38.6 Å². The van der Waals surface area contributed by atoms with Crippen LogP contribution >= 0.6 is 0 Å². The summed E-state index contributed by atoms with van der Waals surface area (Å²) in [6.45, 7) is 1.71. The second-order valence-electron chi connectivity index (χ2n) is 7.60. The number of hydrogen-bond acceptors (Lipinski definition) is 7. The molecule has 0 saturated heterocycles. The normalized spacial score (nSPS) is 11.2. The van der Waals surface area contributed by atoms with E-state index in [0.29, 0.717) is 28.3 Å². The summed E-state index contributed by atoms with van der Waals surface area (Å²) >= 11 is 0. The van der Waals surface area contributed by atoms with Gasteiger partial charge in [0, 0.05) is 23.9 Å². The van der Waals surface area contributed by atoms with Crippen LogP contribution in [0.25, 0.3) is 11.4 Å². The van der Waals surface area contributed by atoms with Crippen molar-refractivity contribution >= 4 is 27.3 Å². The first kappa shape index (κ1) is 23.8. The van der Waals surface area contributed by atoms with Crippen molar-refractivity contribution in [2.75, 3.05) is 23.8 Å². The Bertz CT molecular complexity index is 1560. The molecule has 0 fully saturated rings. The Morgan fingerprint density at radius 2 is 1.86 bits per heavy atom. The summed E-state index contributed by atoms with van der Waals surface area (Å²) in [5.74, 6) is -0.571. The number of hydrogen-bond donors (Lipinski definition) is 2. The number of benzene rings is 3. The van der Waals surface area contributed by atoms with Crippen LogP contribution in [0.4, 0.5) is 11.4 Å². The zero-order valence-corrected chi connectivity index (χ0v) is 19.9. The summed E-state index contributed by atoms with van der Waals surface area (Å²) in [5, 5.41) is 6.39. The lowest BCUT2D eigenvalue weighted by Crippen LogP contribution is -2.27. The number of aryl methyl sites for hydroxylation is 1. The van der Waals surface area contributed by atoms with Crippen LogP contribution in [0.5, 0.6) is 5.75 Å². The van der Waals surface area contributed by atoms with Crippen molar-refractivity contribution in [3.8, 4) is 17.1 Å². The van der Waals surface area contributed by atoms with Crippen molar-refractivity contribution in [3.63, 3.8) is 0 Å². The minimum atomic E-state index is -3.99. The van der Waals surface area contributed by atoms with Gasteiger partial charge in [-0.2, -0.15) is 0 Å². The fraction of sp³-hybridized carbons (Fsp3) is 0.125. The summed E-state index contributed by atoms with van der Waals surface area (Å²) in [6, 6.07) is 17.7. The van der Waals surface area contributed by atoms with Gasteiger partial charge in [0.1, 0.15) is 5.75 Å².